The molecule has 0 aliphatic rings. The van der Waals surface area contributed by atoms with Crippen LogP contribution in [0.3, 0.4) is 0 Å². The van der Waals surface area contributed by atoms with Crippen molar-refractivity contribution in [2.24, 2.45) is 0 Å². The third-order valence-corrected chi connectivity index (χ3v) is 5.17. The second-order valence-electron chi connectivity index (χ2n) is 5.92. The Bertz CT molecular complexity index is 963. The van der Waals surface area contributed by atoms with E-state index in [2.05, 4.69) is 4.98 Å². The van der Waals surface area contributed by atoms with Gasteiger partial charge in [-0.3, -0.25) is 14.2 Å². The average molecular weight is 372 g/mol. The summed E-state index contributed by atoms with van der Waals surface area (Å²) >= 11 is 1.49. The summed E-state index contributed by atoms with van der Waals surface area (Å²) in [6.45, 7) is 0.789. The molecule has 0 radical (unpaired) electrons. The van der Waals surface area contributed by atoms with Gasteiger partial charge in [-0.15, -0.1) is 11.3 Å². The van der Waals surface area contributed by atoms with Gasteiger partial charge in [0.2, 0.25) is 0 Å². The molecule has 2 aromatic heterocycles. The predicted molar refractivity (Wildman–Crippen MR) is 102 cm³/mol. The van der Waals surface area contributed by atoms with Gasteiger partial charge in [0.05, 0.1) is 12.0 Å². The number of benzene rings is 1. The highest BCUT2D eigenvalue weighted by Gasteiger charge is 2.15. The van der Waals surface area contributed by atoms with Crippen LogP contribution in [0, 0.1) is 0 Å². The number of hydrogen-bond acceptors (Lipinski definition) is 5. The van der Waals surface area contributed by atoms with Gasteiger partial charge in [0.25, 0.3) is 5.56 Å². The highest BCUT2D eigenvalue weighted by molar-refractivity contribution is 7.21. The van der Waals surface area contributed by atoms with Crippen molar-refractivity contribution in [3.63, 3.8) is 0 Å². The summed E-state index contributed by atoms with van der Waals surface area (Å²) in [7, 11) is 1.60. The van der Waals surface area contributed by atoms with E-state index < -0.39 is 5.97 Å². The molecule has 7 heteroatoms. The van der Waals surface area contributed by atoms with Crippen LogP contribution in [-0.2, 0) is 22.5 Å². The predicted octanol–water partition coefficient (Wildman–Crippen LogP) is 3.18. The number of carboxylic acids is 1. The van der Waals surface area contributed by atoms with Crippen LogP contribution < -0.4 is 5.56 Å². The minimum Gasteiger partial charge on any atom is -0.481 e. The SMILES string of the molecule is COCCc1nc2sc(-c3ccccc3)cc2c(=O)n1CCCC(=O)O. The highest BCUT2D eigenvalue weighted by atomic mass is 32.1. The fourth-order valence-electron chi connectivity index (χ4n) is 2.81. The molecule has 2 heterocycles. The molecule has 0 saturated heterocycles. The molecule has 0 amide bonds. The van der Waals surface area contributed by atoms with Gasteiger partial charge in [-0.05, 0) is 18.1 Å². The van der Waals surface area contributed by atoms with Crippen molar-refractivity contribution < 1.29 is 14.6 Å². The number of rotatable bonds is 8. The monoisotopic (exact) mass is 372 g/mol. The maximum atomic E-state index is 13.0. The summed E-state index contributed by atoms with van der Waals surface area (Å²) in [5.41, 5.74) is 0.927. The fourth-order valence-corrected chi connectivity index (χ4v) is 3.85. The quantitative estimate of drug-likeness (QED) is 0.657. The number of carbonyl (C=O) groups is 1. The number of carboxylic acid groups (broad SMARTS) is 1. The second-order valence-corrected chi connectivity index (χ2v) is 6.95. The molecule has 1 N–H and O–H groups in total. The van der Waals surface area contributed by atoms with Gasteiger partial charge in [0.1, 0.15) is 10.7 Å². The first-order chi connectivity index (χ1) is 12.6. The van der Waals surface area contributed by atoms with Gasteiger partial charge in [0.15, 0.2) is 0 Å². The summed E-state index contributed by atoms with van der Waals surface area (Å²) in [4.78, 5) is 30.1. The topological polar surface area (TPSA) is 81.4 Å². The number of methoxy groups -OCH3 is 1. The van der Waals surface area contributed by atoms with E-state index in [1.54, 1.807) is 11.7 Å². The number of thiophene rings is 1. The Morgan fingerprint density at radius 1 is 1.31 bits per heavy atom. The first-order valence-corrected chi connectivity index (χ1v) is 9.21. The van der Waals surface area contributed by atoms with Crippen LogP contribution in [0.4, 0.5) is 0 Å². The summed E-state index contributed by atoms with van der Waals surface area (Å²) < 4.78 is 6.71. The van der Waals surface area contributed by atoms with Crippen LogP contribution in [0.2, 0.25) is 0 Å². The second kappa shape index (κ2) is 8.25. The summed E-state index contributed by atoms with van der Waals surface area (Å²) in [6.07, 6.45) is 0.915. The Balaban J connectivity index is 2.04. The lowest BCUT2D eigenvalue weighted by Crippen LogP contribution is -2.26. The van der Waals surface area contributed by atoms with Crippen molar-refractivity contribution in [3.8, 4) is 10.4 Å². The van der Waals surface area contributed by atoms with E-state index in [9.17, 15) is 9.59 Å². The molecule has 26 heavy (non-hydrogen) atoms. The molecule has 1 aromatic carbocycles. The summed E-state index contributed by atoms with van der Waals surface area (Å²) in [5, 5.41) is 9.43. The smallest absolute Gasteiger partial charge is 0.303 e. The number of nitrogens with zero attached hydrogens (tertiary/aromatic N) is 2. The zero-order valence-corrected chi connectivity index (χ0v) is 15.3. The van der Waals surface area contributed by atoms with Crippen molar-refractivity contribution in [1.82, 2.24) is 9.55 Å². The molecule has 6 nitrogen and oxygen atoms in total. The molecule has 0 aliphatic heterocycles. The summed E-state index contributed by atoms with van der Waals surface area (Å²) in [5.74, 6) is -0.233. The van der Waals surface area contributed by atoms with Crippen LogP contribution in [0.5, 0.6) is 0 Å². The molecule has 0 bridgehead atoms. The number of ether oxygens (including phenoxy) is 1. The van der Waals surface area contributed by atoms with Gasteiger partial charge in [0, 0.05) is 31.4 Å². The molecule has 0 spiro atoms. The maximum Gasteiger partial charge on any atom is 0.303 e. The van der Waals surface area contributed by atoms with Crippen molar-refractivity contribution in [2.75, 3.05) is 13.7 Å². The normalized spacial score (nSPS) is 11.1. The maximum absolute atomic E-state index is 13.0. The first kappa shape index (κ1) is 18.3. The van der Waals surface area contributed by atoms with Crippen molar-refractivity contribution in [3.05, 3.63) is 52.6 Å². The van der Waals surface area contributed by atoms with E-state index in [0.717, 1.165) is 10.4 Å². The first-order valence-electron chi connectivity index (χ1n) is 8.39. The van der Waals surface area contributed by atoms with E-state index in [0.29, 0.717) is 42.0 Å². The zero-order chi connectivity index (χ0) is 18.5. The highest BCUT2D eigenvalue weighted by Crippen LogP contribution is 2.31. The lowest BCUT2D eigenvalue weighted by Gasteiger charge is -2.11. The number of fused-ring (bicyclic) bond motifs is 1. The third kappa shape index (κ3) is 4.00. The van der Waals surface area contributed by atoms with E-state index in [1.807, 2.05) is 36.4 Å². The van der Waals surface area contributed by atoms with Crippen LogP contribution in [0.1, 0.15) is 18.7 Å². The largest absolute Gasteiger partial charge is 0.481 e. The molecule has 0 aliphatic carbocycles. The van der Waals surface area contributed by atoms with Crippen molar-refractivity contribution in [1.29, 1.82) is 0 Å². The molecule has 3 aromatic rings. The molecule has 0 atom stereocenters. The van der Waals surface area contributed by atoms with E-state index in [4.69, 9.17) is 9.84 Å². The number of aliphatic carboxylic acids is 1. The molecule has 3 rings (SSSR count). The van der Waals surface area contributed by atoms with Gasteiger partial charge in [-0.2, -0.15) is 0 Å². The van der Waals surface area contributed by atoms with E-state index in [-0.39, 0.29) is 12.0 Å². The molecule has 136 valence electrons. The van der Waals surface area contributed by atoms with Gasteiger partial charge in [-0.1, -0.05) is 30.3 Å². The number of aromatic nitrogens is 2. The average Bonchev–Trinajstić information content (AvgIpc) is 3.07. The van der Waals surface area contributed by atoms with Crippen LogP contribution >= 0.6 is 11.3 Å². The summed E-state index contributed by atoms with van der Waals surface area (Å²) in [6, 6.07) is 11.7. The van der Waals surface area contributed by atoms with Gasteiger partial charge >= 0.3 is 5.97 Å². The Kier molecular flexibility index (Phi) is 5.80. The van der Waals surface area contributed by atoms with Crippen LogP contribution in [-0.4, -0.2) is 34.3 Å². The van der Waals surface area contributed by atoms with Crippen LogP contribution in [0.15, 0.2) is 41.2 Å². The van der Waals surface area contributed by atoms with E-state index >= 15 is 0 Å². The molecule has 0 unspecified atom stereocenters. The van der Waals surface area contributed by atoms with Gasteiger partial charge < -0.3 is 9.84 Å². The number of hydrogen-bond donors (Lipinski definition) is 1. The van der Waals surface area contributed by atoms with Gasteiger partial charge in [-0.25, -0.2) is 4.98 Å². The standard InChI is InChI=1S/C19H20N2O4S/c1-25-11-9-16-20-18-14(19(24)21(16)10-5-8-17(22)23)12-15(26-18)13-6-3-2-4-7-13/h2-4,6-7,12H,5,8-11H2,1H3,(H,22,23). The van der Waals surface area contributed by atoms with Crippen LogP contribution in [0.25, 0.3) is 20.7 Å². The lowest BCUT2D eigenvalue weighted by atomic mass is 10.2. The Labute approximate surface area is 154 Å². The lowest BCUT2D eigenvalue weighted by molar-refractivity contribution is -0.137. The van der Waals surface area contributed by atoms with Crippen molar-refractivity contribution in [2.45, 2.75) is 25.8 Å². The Hall–Kier alpha value is -2.51. The minimum atomic E-state index is -0.868. The fraction of sp³-hybridized carbons (Fsp3) is 0.316. The van der Waals surface area contributed by atoms with Crippen molar-refractivity contribution >= 4 is 27.5 Å². The van der Waals surface area contributed by atoms with E-state index in [1.165, 1.54) is 11.3 Å². The molecule has 0 fully saturated rings. The molecular formula is C19H20N2O4S. The minimum absolute atomic E-state index is 0.0209. The Morgan fingerprint density at radius 2 is 2.08 bits per heavy atom. The zero-order valence-electron chi connectivity index (χ0n) is 14.5. The Morgan fingerprint density at radius 3 is 2.77 bits per heavy atom. The molecular weight excluding hydrogens is 352 g/mol. The third-order valence-electron chi connectivity index (χ3n) is 4.09. The molecule has 0 saturated carbocycles.